The fourth-order valence-corrected chi connectivity index (χ4v) is 5.19. The highest BCUT2D eigenvalue weighted by Crippen LogP contribution is 2.54. The minimum absolute atomic E-state index is 0.305. The number of hydrogen-bond acceptors (Lipinski definition) is 2. The molecule has 1 atom stereocenters. The number of Topliss-reactive ketones (excluding diaryl/α,β-unsaturated/α-hetero) is 1. The third-order valence-electron chi connectivity index (χ3n) is 5.41. The molecule has 2 aromatic rings. The van der Waals surface area contributed by atoms with Gasteiger partial charge in [-0.1, -0.05) is 30.7 Å². The Hall–Kier alpha value is -1.40. The van der Waals surface area contributed by atoms with Gasteiger partial charge in [-0.05, 0) is 78.3 Å². The molecule has 0 radical (unpaired) electrons. The van der Waals surface area contributed by atoms with Crippen LogP contribution in [-0.4, -0.2) is 17.2 Å². The second-order valence-corrected chi connectivity index (χ2v) is 9.33. The van der Waals surface area contributed by atoms with Crippen molar-refractivity contribution in [1.29, 1.82) is 0 Å². The molecule has 0 saturated carbocycles. The molecule has 3 nitrogen and oxygen atoms in total. The van der Waals surface area contributed by atoms with Gasteiger partial charge in [0.15, 0.2) is 0 Å². The Kier molecular flexibility index (Phi) is 3.61. The van der Waals surface area contributed by atoms with E-state index in [-0.39, 0.29) is 5.41 Å². The van der Waals surface area contributed by atoms with Crippen LogP contribution in [0.2, 0.25) is 5.02 Å². The van der Waals surface area contributed by atoms with Gasteiger partial charge in [-0.25, -0.2) is 0 Å². The number of anilines is 1. The standard InChI is InChI=1S/C20H17ClINO2/c1-19(2)10-20(3,11-4-6-12(21)7-5-11)15-9-13(22)8-14-16(15)23(19)18(25)17(14)24/h4-9H,10H2,1-3H3. The van der Waals surface area contributed by atoms with Crippen molar-refractivity contribution in [2.24, 2.45) is 0 Å². The fraction of sp³-hybridized carbons (Fsp3) is 0.300. The Morgan fingerprint density at radius 2 is 1.72 bits per heavy atom. The van der Waals surface area contributed by atoms with Crippen LogP contribution in [0.3, 0.4) is 0 Å². The molecule has 0 aliphatic carbocycles. The number of carbonyl (C=O) groups excluding carboxylic acids is 2. The zero-order valence-electron chi connectivity index (χ0n) is 14.2. The lowest BCUT2D eigenvalue weighted by molar-refractivity contribution is -0.115. The number of benzene rings is 2. The summed E-state index contributed by atoms with van der Waals surface area (Å²) in [7, 11) is 0. The van der Waals surface area contributed by atoms with Crippen LogP contribution in [0.15, 0.2) is 36.4 Å². The molecule has 0 bridgehead atoms. The van der Waals surface area contributed by atoms with E-state index in [2.05, 4.69) is 35.6 Å². The molecule has 5 heteroatoms. The molecule has 128 valence electrons. The van der Waals surface area contributed by atoms with Crippen LogP contribution in [0.25, 0.3) is 0 Å². The predicted octanol–water partition coefficient (Wildman–Crippen LogP) is 4.96. The summed E-state index contributed by atoms with van der Waals surface area (Å²) in [5.41, 5.74) is 2.73. The fourth-order valence-electron chi connectivity index (χ4n) is 4.44. The van der Waals surface area contributed by atoms with Gasteiger partial charge >= 0.3 is 0 Å². The lowest BCUT2D eigenvalue weighted by Gasteiger charge is -2.49. The van der Waals surface area contributed by atoms with Gasteiger partial charge in [0, 0.05) is 19.5 Å². The lowest BCUT2D eigenvalue weighted by Crippen LogP contribution is -2.54. The van der Waals surface area contributed by atoms with E-state index in [1.807, 2.05) is 44.2 Å². The molecule has 1 amide bonds. The van der Waals surface area contributed by atoms with Crippen molar-refractivity contribution in [2.45, 2.75) is 38.1 Å². The van der Waals surface area contributed by atoms with Crippen LogP contribution in [0.1, 0.15) is 48.7 Å². The Balaban J connectivity index is 2.06. The monoisotopic (exact) mass is 465 g/mol. The zero-order chi connectivity index (χ0) is 18.1. The van der Waals surface area contributed by atoms with Gasteiger partial charge < -0.3 is 0 Å². The second-order valence-electron chi connectivity index (χ2n) is 7.65. The first-order chi connectivity index (χ1) is 11.6. The quantitative estimate of drug-likeness (QED) is 0.441. The molecule has 2 heterocycles. The van der Waals surface area contributed by atoms with Crippen LogP contribution in [0.4, 0.5) is 5.69 Å². The normalized spacial score (nSPS) is 23.8. The molecule has 0 spiro atoms. The average molecular weight is 466 g/mol. The van der Waals surface area contributed by atoms with E-state index in [9.17, 15) is 9.59 Å². The molecule has 2 aliphatic rings. The zero-order valence-corrected chi connectivity index (χ0v) is 17.1. The molecule has 1 unspecified atom stereocenters. The molecular formula is C20H17ClINO2. The Labute approximate surface area is 165 Å². The van der Waals surface area contributed by atoms with Crippen molar-refractivity contribution in [3.8, 4) is 0 Å². The number of amides is 1. The van der Waals surface area contributed by atoms with Gasteiger partial charge in [0.05, 0.1) is 11.3 Å². The number of hydrogen-bond donors (Lipinski definition) is 0. The van der Waals surface area contributed by atoms with E-state index in [1.54, 1.807) is 4.90 Å². The summed E-state index contributed by atoms with van der Waals surface area (Å²) in [5.74, 6) is -0.815. The van der Waals surface area contributed by atoms with Gasteiger partial charge in [0.2, 0.25) is 0 Å². The van der Waals surface area contributed by atoms with E-state index in [1.165, 1.54) is 0 Å². The molecule has 2 aliphatic heterocycles. The highest BCUT2D eigenvalue weighted by molar-refractivity contribution is 14.1. The number of ketones is 1. The van der Waals surface area contributed by atoms with Gasteiger partial charge in [0.25, 0.3) is 11.7 Å². The minimum atomic E-state index is -0.452. The molecule has 25 heavy (non-hydrogen) atoms. The van der Waals surface area contributed by atoms with Crippen molar-refractivity contribution < 1.29 is 9.59 Å². The number of nitrogens with zero attached hydrogens (tertiary/aromatic N) is 1. The SMILES string of the molecule is CC1(c2ccc(Cl)cc2)CC(C)(C)N2C(=O)C(=O)c3cc(I)cc1c32. The van der Waals surface area contributed by atoms with Crippen LogP contribution in [-0.2, 0) is 10.2 Å². The first kappa shape index (κ1) is 17.0. The maximum Gasteiger partial charge on any atom is 0.299 e. The minimum Gasteiger partial charge on any atom is -0.299 e. The van der Waals surface area contributed by atoms with Gasteiger partial charge in [-0.15, -0.1) is 0 Å². The second kappa shape index (κ2) is 5.30. The number of halogens is 2. The molecule has 0 N–H and O–H groups in total. The van der Waals surface area contributed by atoms with Gasteiger partial charge in [-0.2, -0.15) is 0 Å². The van der Waals surface area contributed by atoms with Crippen molar-refractivity contribution >= 4 is 51.6 Å². The van der Waals surface area contributed by atoms with E-state index in [4.69, 9.17) is 11.6 Å². The Morgan fingerprint density at radius 3 is 2.36 bits per heavy atom. The van der Waals surface area contributed by atoms with Crippen LogP contribution in [0.5, 0.6) is 0 Å². The van der Waals surface area contributed by atoms with Crippen molar-refractivity contribution in [3.63, 3.8) is 0 Å². The summed E-state index contributed by atoms with van der Waals surface area (Å²) >= 11 is 8.29. The van der Waals surface area contributed by atoms with E-state index in [0.29, 0.717) is 10.6 Å². The number of carbonyl (C=O) groups is 2. The smallest absolute Gasteiger partial charge is 0.299 e. The summed E-state index contributed by atoms with van der Waals surface area (Å²) in [6.07, 6.45) is 0.729. The maximum absolute atomic E-state index is 12.7. The van der Waals surface area contributed by atoms with Crippen molar-refractivity contribution in [3.05, 3.63) is 61.7 Å². The van der Waals surface area contributed by atoms with E-state index in [0.717, 1.165) is 26.8 Å². The largest absolute Gasteiger partial charge is 0.299 e. The summed E-state index contributed by atoms with van der Waals surface area (Å²) in [4.78, 5) is 26.9. The van der Waals surface area contributed by atoms with Gasteiger partial charge in [0.1, 0.15) is 0 Å². The Morgan fingerprint density at radius 1 is 1.08 bits per heavy atom. The lowest BCUT2D eigenvalue weighted by atomic mass is 9.65. The van der Waals surface area contributed by atoms with Crippen LogP contribution >= 0.6 is 34.2 Å². The van der Waals surface area contributed by atoms with E-state index >= 15 is 0 Å². The highest BCUT2D eigenvalue weighted by Gasteiger charge is 2.54. The van der Waals surface area contributed by atoms with Crippen molar-refractivity contribution in [2.75, 3.05) is 4.90 Å². The van der Waals surface area contributed by atoms with Crippen molar-refractivity contribution in [1.82, 2.24) is 0 Å². The summed E-state index contributed by atoms with van der Waals surface area (Å²) in [6.45, 7) is 6.25. The average Bonchev–Trinajstić information content (AvgIpc) is 2.78. The molecule has 0 fully saturated rings. The topological polar surface area (TPSA) is 37.4 Å². The first-order valence-corrected chi connectivity index (χ1v) is 9.60. The summed E-state index contributed by atoms with van der Waals surface area (Å²) in [6, 6.07) is 11.8. The summed E-state index contributed by atoms with van der Waals surface area (Å²) < 4.78 is 0.967. The molecular weight excluding hydrogens is 449 g/mol. The predicted molar refractivity (Wildman–Crippen MR) is 108 cm³/mol. The molecule has 0 saturated heterocycles. The third-order valence-corrected chi connectivity index (χ3v) is 6.28. The maximum atomic E-state index is 12.7. The highest BCUT2D eigenvalue weighted by atomic mass is 127. The Bertz CT molecular complexity index is 935. The molecule has 2 aromatic carbocycles. The molecule has 0 aromatic heterocycles. The van der Waals surface area contributed by atoms with Crippen LogP contribution < -0.4 is 4.90 Å². The molecule has 4 rings (SSSR count). The summed E-state index contributed by atoms with van der Waals surface area (Å²) in [5, 5.41) is 0.697. The van der Waals surface area contributed by atoms with Crippen LogP contribution in [0, 0.1) is 3.57 Å². The third kappa shape index (κ3) is 2.30. The first-order valence-electron chi connectivity index (χ1n) is 8.14. The van der Waals surface area contributed by atoms with E-state index < -0.39 is 17.2 Å². The van der Waals surface area contributed by atoms with Gasteiger partial charge in [-0.3, -0.25) is 14.5 Å². The number of rotatable bonds is 1.